The Morgan fingerprint density at radius 3 is 2.63 bits per heavy atom. The predicted molar refractivity (Wildman–Crippen MR) is 79.4 cm³/mol. The molecule has 0 aliphatic carbocycles. The molecule has 0 saturated heterocycles. The van der Waals surface area contributed by atoms with Crippen LogP contribution in [-0.4, -0.2) is 39.2 Å². The maximum absolute atomic E-state index is 12.0. The SMILES string of the molecule is CCN(CC)C(=O)CSc1nc2ccccc2n1C. The lowest BCUT2D eigenvalue weighted by molar-refractivity contribution is -0.127. The number of nitrogens with zero attached hydrogens (tertiary/aromatic N) is 3. The van der Waals surface area contributed by atoms with E-state index in [0.29, 0.717) is 5.75 Å². The summed E-state index contributed by atoms with van der Waals surface area (Å²) >= 11 is 1.50. The van der Waals surface area contributed by atoms with Gasteiger partial charge in [0.2, 0.25) is 5.91 Å². The summed E-state index contributed by atoms with van der Waals surface area (Å²) in [6.07, 6.45) is 0. The highest BCUT2D eigenvalue weighted by atomic mass is 32.2. The number of carbonyl (C=O) groups is 1. The Morgan fingerprint density at radius 2 is 2.00 bits per heavy atom. The van der Waals surface area contributed by atoms with Crippen molar-refractivity contribution >= 4 is 28.7 Å². The van der Waals surface area contributed by atoms with Crippen LogP contribution in [0.15, 0.2) is 29.4 Å². The van der Waals surface area contributed by atoms with E-state index in [1.165, 1.54) is 11.8 Å². The van der Waals surface area contributed by atoms with Gasteiger partial charge in [-0.15, -0.1) is 0 Å². The molecule has 0 N–H and O–H groups in total. The molecular formula is C14H19N3OS. The number of amides is 1. The largest absolute Gasteiger partial charge is 0.343 e. The first kappa shape index (κ1) is 13.9. The Balaban J connectivity index is 2.10. The van der Waals surface area contributed by atoms with E-state index < -0.39 is 0 Å². The molecule has 0 bridgehead atoms. The average Bonchev–Trinajstić information content (AvgIpc) is 2.75. The number of imidazole rings is 1. The van der Waals surface area contributed by atoms with Gasteiger partial charge in [0.25, 0.3) is 0 Å². The minimum Gasteiger partial charge on any atom is -0.343 e. The zero-order valence-corrected chi connectivity index (χ0v) is 12.4. The van der Waals surface area contributed by atoms with Crippen molar-refractivity contribution in [1.29, 1.82) is 0 Å². The van der Waals surface area contributed by atoms with Crippen molar-refractivity contribution in [1.82, 2.24) is 14.5 Å². The molecule has 19 heavy (non-hydrogen) atoms. The van der Waals surface area contributed by atoms with Crippen LogP contribution >= 0.6 is 11.8 Å². The van der Waals surface area contributed by atoms with E-state index in [1.807, 2.05) is 54.6 Å². The molecule has 4 nitrogen and oxygen atoms in total. The molecule has 5 heteroatoms. The third-order valence-corrected chi connectivity index (χ3v) is 4.20. The van der Waals surface area contributed by atoms with Crippen LogP contribution in [0.4, 0.5) is 0 Å². The highest BCUT2D eigenvalue weighted by Gasteiger charge is 2.13. The highest BCUT2D eigenvalue weighted by molar-refractivity contribution is 7.99. The van der Waals surface area contributed by atoms with E-state index in [2.05, 4.69) is 4.98 Å². The van der Waals surface area contributed by atoms with Crippen molar-refractivity contribution in [2.45, 2.75) is 19.0 Å². The van der Waals surface area contributed by atoms with Gasteiger partial charge in [-0.25, -0.2) is 4.98 Å². The standard InChI is InChI=1S/C14H19N3OS/c1-4-17(5-2)13(18)10-19-14-15-11-8-6-7-9-12(11)16(14)3/h6-9H,4-5,10H2,1-3H3. The van der Waals surface area contributed by atoms with E-state index >= 15 is 0 Å². The summed E-state index contributed by atoms with van der Waals surface area (Å²) in [5.74, 6) is 0.612. The fourth-order valence-electron chi connectivity index (χ4n) is 2.05. The number of benzene rings is 1. The number of para-hydroxylation sites is 2. The molecule has 1 aromatic carbocycles. The van der Waals surface area contributed by atoms with Gasteiger partial charge >= 0.3 is 0 Å². The molecule has 0 radical (unpaired) electrons. The maximum atomic E-state index is 12.0. The van der Waals surface area contributed by atoms with E-state index in [4.69, 9.17) is 0 Å². The monoisotopic (exact) mass is 277 g/mol. The topological polar surface area (TPSA) is 38.1 Å². The normalized spacial score (nSPS) is 10.9. The van der Waals surface area contributed by atoms with Crippen molar-refractivity contribution in [3.8, 4) is 0 Å². The smallest absolute Gasteiger partial charge is 0.233 e. The molecule has 0 unspecified atom stereocenters. The lowest BCUT2D eigenvalue weighted by atomic mass is 10.3. The van der Waals surface area contributed by atoms with Crippen molar-refractivity contribution in [2.75, 3.05) is 18.8 Å². The fourth-order valence-corrected chi connectivity index (χ4v) is 2.94. The molecule has 1 aromatic heterocycles. The summed E-state index contributed by atoms with van der Waals surface area (Å²) in [6.45, 7) is 5.53. The van der Waals surface area contributed by atoms with Crippen LogP contribution < -0.4 is 0 Å². The number of aromatic nitrogens is 2. The first-order valence-electron chi connectivity index (χ1n) is 6.49. The van der Waals surface area contributed by atoms with Gasteiger partial charge in [-0.1, -0.05) is 23.9 Å². The number of fused-ring (bicyclic) bond motifs is 1. The summed E-state index contributed by atoms with van der Waals surface area (Å²) < 4.78 is 2.04. The molecule has 0 saturated carbocycles. The predicted octanol–water partition coefficient (Wildman–Crippen LogP) is 2.53. The molecule has 2 rings (SSSR count). The second-order valence-corrected chi connectivity index (χ2v) is 5.24. The summed E-state index contributed by atoms with van der Waals surface area (Å²) in [7, 11) is 1.99. The van der Waals surface area contributed by atoms with Crippen LogP contribution in [0.1, 0.15) is 13.8 Å². The Bertz CT molecular complexity index is 575. The average molecular weight is 277 g/mol. The van der Waals surface area contributed by atoms with Gasteiger partial charge in [0.1, 0.15) is 0 Å². The van der Waals surface area contributed by atoms with Crippen molar-refractivity contribution in [3.05, 3.63) is 24.3 Å². The number of aryl methyl sites for hydroxylation is 1. The third-order valence-electron chi connectivity index (χ3n) is 3.19. The first-order chi connectivity index (χ1) is 9.17. The molecule has 0 aliphatic heterocycles. The van der Waals surface area contributed by atoms with E-state index in [-0.39, 0.29) is 5.91 Å². The molecule has 1 heterocycles. The summed E-state index contributed by atoms with van der Waals surface area (Å²) in [4.78, 5) is 18.4. The number of hydrogen-bond acceptors (Lipinski definition) is 3. The molecule has 0 aliphatic rings. The van der Waals surface area contributed by atoms with Gasteiger partial charge in [-0.05, 0) is 26.0 Å². The number of hydrogen-bond donors (Lipinski definition) is 0. The van der Waals surface area contributed by atoms with Crippen LogP contribution in [-0.2, 0) is 11.8 Å². The highest BCUT2D eigenvalue weighted by Crippen LogP contribution is 2.22. The second kappa shape index (κ2) is 6.10. The Labute approximate surface area is 117 Å². The van der Waals surface area contributed by atoms with Crippen LogP contribution in [0.5, 0.6) is 0 Å². The van der Waals surface area contributed by atoms with Gasteiger partial charge in [0.05, 0.1) is 16.8 Å². The Hall–Kier alpha value is -1.49. The minimum atomic E-state index is 0.169. The number of carbonyl (C=O) groups excluding carboxylic acids is 1. The first-order valence-corrected chi connectivity index (χ1v) is 7.48. The number of thioether (sulfide) groups is 1. The van der Waals surface area contributed by atoms with Crippen LogP contribution in [0.2, 0.25) is 0 Å². The molecular weight excluding hydrogens is 258 g/mol. The van der Waals surface area contributed by atoms with Crippen LogP contribution in [0.25, 0.3) is 11.0 Å². The van der Waals surface area contributed by atoms with Crippen molar-refractivity contribution in [3.63, 3.8) is 0 Å². The molecule has 0 atom stereocenters. The van der Waals surface area contributed by atoms with Gasteiger partial charge in [0.15, 0.2) is 5.16 Å². The number of rotatable bonds is 5. The second-order valence-electron chi connectivity index (χ2n) is 4.30. The fraction of sp³-hybridized carbons (Fsp3) is 0.429. The van der Waals surface area contributed by atoms with Crippen molar-refractivity contribution in [2.24, 2.45) is 7.05 Å². The minimum absolute atomic E-state index is 0.169. The van der Waals surface area contributed by atoms with Gasteiger partial charge in [-0.2, -0.15) is 0 Å². The summed E-state index contributed by atoms with van der Waals surface area (Å²) in [6, 6.07) is 8.01. The molecule has 102 valence electrons. The summed E-state index contributed by atoms with van der Waals surface area (Å²) in [5, 5.41) is 0.890. The van der Waals surface area contributed by atoms with Crippen molar-refractivity contribution < 1.29 is 4.79 Å². The van der Waals surface area contributed by atoms with E-state index in [9.17, 15) is 4.79 Å². The van der Waals surface area contributed by atoms with E-state index in [0.717, 1.165) is 29.3 Å². The van der Waals surface area contributed by atoms with Gasteiger partial charge < -0.3 is 9.47 Å². The van der Waals surface area contributed by atoms with E-state index in [1.54, 1.807) is 0 Å². The molecule has 2 aromatic rings. The molecule has 0 fully saturated rings. The molecule has 0 spiro atoms. The molecule has 1 amide bonds. The van der Waals surface area contributed by atoms with Crippen LogP contribution in [0, 0.1) is 0 Å². The lowest BCUT2D eigenvalue weighted by Crippen LogP contribution is -2.31. The quantitative estimate of drug-likeness (QED) is 0.788. The van der Waals surface area contributed by atoms with Gasteiger partial charge in [-0.3, -0.25) is 4.79 Å². The zero-order valence-electron chi connectivity index (χ0n) is 11.6. The maximum Gasteiger partial charge on any atom is 0.233 e. The lowest BCUT2D eigenvalue weighted by Gasteiger charge is -2.17. The third kappa shape index (κ3) is 2.92. The van der Waals surface area contributed by atoms with Crippen LogP contribution in [0.3, 0.4) is 0 Å². The van der Waals surface area contributed by atoms with Gasteiger partial charge in [0, 0.05) is 20.1 Å². The zero-order chi connectivity index (χ0) is 13.8. The Morgan fingerprint density at radius 1 is 1.32 bits per heavy atom. The summed E-state index contributed by atoms with van der Waals surface area (Å²) in [5.41, 5.74) is 2.07. The Kier molecular flexibility index (Phi) is 4.47.